The van der Waals surface area contributed by atoms with Gasteiger partial charge in [-0.1, -0.05) is 6.07 Å². The highest BCUT2D eigenvalue weighted by Crippen LogP contribution is 2.22. The second-order valence-electron chi connectivity index (χ2n) is 4.18. The first-order valence-corrected chi connectivity index (χ1v) is 6.02. The average molecular weight is 248 g/mol. The minimum Gasteiger partial charge on any atom is -0.395 e. The second-order valence-corrected chi connectivity index (χ2v) is 4.18. The maximum absolute atomic E-state index is 11.7. The molecule has 96 valence electrons. The van der Waals surface area contributed by atoms with Crippen LogP contribution >= 0.6 is 0 Å². The fourth-order valence-electron chi connectivity index (χ4n) is 2.01. The molecule has 5 nitrogen and oxygen atoms in total. The molecule has 2 rings (SSSR count). The van der Waals surface area contributed by atoms with Crippen molar-refractivity contribution < 1.29 is 14.7 Å². The lowest BCUT2D eigenvalue weighted by Crippen LogP contribution is -2.27. The maximum Gasteiger partial charge on any atom is 0.251 e. The number of rotatable bonds is 4. The van der Waals surface area contributed by atoms with Gasteiger partial charge < -0.3 is 15.3 Å². The third-order valence-electron chi connectivity index (χ3n) is 2.89. The first kappa shape index (κ1) is 12.6. The number of aliphatic hydroxyl groups excluding tert-OH is 1. The van der Waals surface area contributed by atoms with Gasteiger partial charge >= 0.3 is 0 Å². The monoisotopic (exact) mass is 248 g/mol. The highest BCUT2D eigenvalue weighted by Gasteiger charge is 2.22. The lowest BCUT2D eigenvalue weighted by atomic mass is 10.1. The number of carbonyl (C=O) groups excluding carboxylic acids is 2. The van der Waals surface area contributed by atoms with Crippen molar-refractivity contribution in [1.82, 2.24) is 5.32 Å². The van der Waals surface area contributed by atoms with Gasteiger partial charge in [-0.2, -0.15) is 0 Å². The Kier molecular flexibility index (Phi) is 3.94. The van der Waals surface area contributed by atoms with Crippen LogP contribution in [0.15, 0.2) is 24.3 Å². The van der Waals surface area contributed by atoms with Crippen molar-refractivity contribution in [3.8, 4) is 0 Å². The molecule has 0 radical (unpaired) electrons. The molecule has 0 aliphatic carbocycles. The summed E-state index contributed by atoms with van der Waals surface area (Å²) < 4.78 is 0. The predicted octanol–water partition coefficient (Wildman–Crippen LogP) is 0.536. The molecule has 18 heavy (non-hydrogen) atoms. The summed E-state index contributed by atoms with van der Waals surface area (Å²) in [4.78, 5) is 25.0. The topological polar surface area (TPSA) is 69.6 Å². The highest BCUT2D eigenvalue weighted by molar-refractivity contribution is 5.99. The third kappa shape index (κ3) is 2.68. The van der Waals surface area contributed by atoms with Gasteiger partial charge in [0.05, 0.1) is 6.61 Å². The van der Waals surface area contributed by atoms with Gasteiger partial charge in [0.1, 0.15) is 0 Å². The fourth-order valence-corrected chi connectivity index (χ4v) is 2.01. The van der Waals surface area contributed by atoms with E-state index >= 15 is 0 Å². The SMILES string of the molecule is O=C(NCCO)c1cccc(N2CCCC2=O)c1. The van der Waals surface area contributed by atoms with E-state index < -0.39 is 0 Å². The molecule has 0 aromatic heterocycles. The zero-order chi connectivity index (χ0) is 13.0. The number of aliphatic hydroxyl groups is 1. The van der Waals surface area contributed by atoms with Crippen LogP contribution in [0.25, 0.3) is 0 Å². The molecule has 1 aromatic rings. The average Bonchev–Trinajstić information content (AvgIpc) is 2.82. The minimum absolute atomic E-state index is 0.0873. The summed E-state index contributed by atoms with van der Waals surface area (Å²) >= 11 is 0. The Morgan fingerprint density at radius 1 is 1.44 bits per heavy atom. The number of benzene rings is 1. The Morgan fingerprint density at radius 3 is 2.94 bits per heavy atom. The Bertz CT molecular complexity index is 459. The van der Waals surface area contributed by atoms with Gasteiger partial charge in [0.15, 0.2) is 0 Å². The summed E-state index contributed by atoms with van der Waals surface area (Å²) in [6.07, 6.45) is 1.43. The third-order valence-corrected chi connectivity index (χ3v) is 2.89. The summed E-state index contributed by atoms with van der Waals surface area (Å²) in [5, 5.41) is 11.2. The number of hydrogen-bond acceptors (Lipinski definition) is 3. The summed E-state index contributed by atoms with van der Waals surface area (Å²) in [5.74, 6) is -0.138. The molecular formula is C13H16N2O3. The van der Waals surface area contributed by atoms with Gasteiger partial charge in [-0.3, -0.25) is 9.59 Å². The van der Waals surface area contributed by atoms with Gasteiger partial charge in [-0.25, -0.2) is 0 Å². The number of nitrogens with one attached hydrogen (secondary N) is 1. The van der Waals surface area contributed by atoms with Crippen molar-refractivity contribution in [3.05, 3.63) is 29.8 Å². The standard InChI is InChI=1S/C13H16N2O3/c16-8-6-14-13(18)10-3-1-4-11(9-10)15-7-2-5-12(15)17/h1,3-4,9,16H,2,5-8H2,(H,14,18). The van der Waals surface area contributed by atoms with Crippen LogP contribution in [0.5, 0.6) is 0 Å². The zero-order valence-corrected chi connectivity index (χ0v) is 10.1. The fraction of sp³-hybridized carbons (Fsp3) is 0.385. The molecule has 1 saturated heterocycles. The predicted molar refractivity (Wildman–Crippen MR) is 67.4 cm³/mol. The second kappa shape index (κ2) is 5.64. The van der Waals surface area contributed by atoms with Gasteiger partial charge in [0.2, 0.25) is 5.91 Å². The molecule has 1 aromatic carbocycles. The first-order valence-electron chi connectivity index (χ1n) is 6.02. The quantitative estimate of drug-likeness (QED) is 0.817. The van der Waals surface area contributed by atoms with Crippen LogP contribution in [0.4, 0.5) is 5.69 Å². The van der Waals surface area contributed by atoms with Crippen LogP contribution in [-0.2, 0) is 4.79 Å². The van der Waals surface area contributed by atoms with E-state index in [0.29, 0.717) is 18.5 Å². The Hall–Kier alpha value is -1.88. The normalized spacial score (nSPS) is 14.9. The van der Waals surface area contributed by atoms with E-state index in [9.17, 15) is 9.59 Å². The van der Waals surface area contributed by atoms with Crippen molar-refractivity contribution in [1.29, 1.82) is 0 Å². The first-order chi connectivity index (χ1) is 8.72. The van der Waals surface area contributed by atoms with Crippen molar-refractivity contribution in [3.63, 3.8) is 0 Å². The van der Waals surface area contributed by atoms with E-state index in [1.165, 1.54) is 0 Å². The smallest absolute Gasteiger partial charge is 0.251 e. The summed E-state index contributed by atoms with van der Waals surface area (Å²) in [6, 6.07) is 6.98. The largest absolute Gasteiger partial charge is 0.395 e. The molecular weight excluding hydrogens is 232 g/mol. The van der Waals surface area contributed by atoms with E-state index in [-0.39, 0.29) is 25.0 Å². The molecule has 0 saturated carbocycles. The van der Waals surface area contributed by atoms with Crippen molar-refractivity contribution in [2.75, 3.05) is 24.6 Å². The molecule has 0 atom stereocenters. The number of amides is 2. The molecule has 0 spiro atoms. The van der Waals surface area contributed by atoms with E-state index in [1.807, 2.05) is 6.07 Å². The van der Waals surface area contributed by atoms with Crippen LogP contribution in [-0.4, -0.2) is 36.6 Å². The van der Waals surface area contributed by atoms with Gasteiger partial charge in [0.25, 0.3) is 5.91 Å². The minimum atomic E-state index is -0.238. The molecule has 2 amide bonds. The van der Waals surface area contributed by atoms with Crippen molar-refractivity contribution in [2.24, 2.45) is 0 Å². The van der Waals surface area contributed by atoms with Crippen LogP contribution < -0.4 is 10.2 Å². The van der Waals surface area contributed by atoms with Crippen LogP contribution in [0.3, 0.4) is 0 Å². The van der Waals surface area contributed by atoms with Gasteiger partial charge in [-0.05, 0) is 24.6 Å². The lowest BCUT2D eigenvalue weighted by molar-refractivity contribution is -0.117. The Labute approximate surface area is 105 Å². The Balaban J connectivity index is 2.14. The van der Waals surface area contributed by atoms with Gasteiger partial charge in [0, 0.05) is 30.8 Å². The number of anilines is 1. The van der Waals surface area contributed by atoms with Crippen LogP contribution in [0.2, 0.25) is 0 Å². The summed E-state index contributed by atoms with van der Waals surface area (Å²) in [7, 11) is 0. The van der Waals surface area contributed by atoms with Crippen molar-refractivity contribution >= 4 is 17.5 Å². The molecule has 1 fully saturated rings. The van der Waals surface area contributed by atoms with Crippen LogP contribution in [0, 0.1) is 0 Å². The van der Waals surface area contributed by atoms with Gasteiger partial charge in [-0.15, -0.1) is 0 Å². The Morgan fingerprint density at radius 2 is 2.28 bits per heavy atom. The molecule has 1 heterocycles. The molecule has 5 heteroatoms. The number of hydrogen-bond donors (Lipinski definition) is 2. The maximum atomic E-state index is 11.7. The summed E-state index contributed by atoms with van der Waals surface area (Å²) in [6.45, 7) is 0.849. The van der Waals surface area contributed by atoms with E-state index in [2.05, 4.69) is 5.32 Å². The van der Waals surface area contributed by atoms with Crippen LogP contribution in [0.1, 0.15) is 23.2 Å². The molecule has 0 unspecified atom stereocenters. The molecule has 1 aliphatic rings. The number of nitrogens with zero attached hydrogens (tertiary/aromatic N) is 1. The lowest BCUT2D eigenvalue weighted by Gasteiger charge is -2.16. The highest BCUT2D eigenvalue weighted by atomic mass is 16.3. The zero-order valence-electron chi connectivity index (χ0n) is 10.1. The summed E-state index contributed by atoms with van der Waals surface area (Å²) in [5.41, 5.74) is 1.26. The van der Waals surface area contributed by atoms with Crippen molar-refractivity contribution in [2.45, 2.75) is 12.8 Å². The molecule has 2 N–H and O–H groups in total. The molecule has 1 aliphatic heterocycles. The van der Waals surface area contributed by atoms with E-state index in [0.717, 1.165) is 12.1 Å². The number of carbonyl (C=O) groups is 2. The van der Waals surface area contributed by atoms with E-state index in [4.69, 9.17) is 5.11 Å². The van der Waals surface area contributed by atoms with E-state index in [1.54, 1.807) is 23.1 Å². The molecule has 0 bridgehead atoms.